The Balaban J connectivity index is 2.29. The number of amides is 1. The summed E-state index contributed by atoms with van der Waals surface area (Å²) in [5.74, 6) is 0.0151. The first kappa shape index (κ1) is 14.5. The van der Waals surface area contributed by atoms with Gasteiger partial charge in [0.2, 0.25) is 5.91 Å². The highest BCUT2D eigenvalue weighted by Gasteiger charge is 2.30. The Morgan fingerprint density at radius 2 is 2.15 bits per heavy atom. The molecule has 0 aliphatic carbocycles. The Kier molecular flexibility index (Phi) is 4.09. The van der Waals surface area contributed by atoms with Gasteiger partial charge in [-0.25, -0.2) is 0 Å². The molecule has 1 aromatic carbocycles. The number of anilines is 1. The van der Waals surface area contributed by atoms with Crippen molar-refractivity contribution in [3.63, 3.8) is 0 Å². The van der Waals surface area contributed by atoms with Gasteiger partial charge in [0.15, 0.2) is 0 Å². The lowest BCUT2D eigenvalue weighted by Crippen LogP contribution is -2.41. The molecule has 0 bridgehead atoms. The third-order valence-electron chi connectivity index (χ3n) is 3.63. The molecule has 0 spiro atoms. The Hall–Kier alpha value is -1.88. The van der Waals surface area contributed by atoms with E-state index in [1.807, 2.05) is 38.1 Å². The van der Waals surface area contributed by atoms with Crippen LogP contribution in [-0.2, 0) is 9.53 Å². The summed E-state index contributed by atoms with van der Waals surface area (Å²) < 4.78 is 5.32. The number of ether oxygens (including phenoxy) is 1. The van der Waals surface area contributed by atoms with Gasteiger partial charge >= 0.3 is 0 Å². The van der Waals surface area contributed by atoms with E-state index in [1.165, 1.54) is 0 Å². The van der Waals surface area contributed by atoms with E-state index in [0.29, 0.717) is 25.1 Å². The third kappa shape index (κ3) is 2.82. The molecule has 1 aliphatic heterocycles. The fourth-order valence-electron chi connectivity index (χ4n) is 2.32. The van der Waals surface area contributed by atoms with Gasteiger partial charge < -0.3 is 14.8 Å². The SMILES string of the molecule is COC(C)(C)CC(=O)N1CC/C(=N/O)c2ccccc21. The molecule has 0 saturated carbocycles. The van der Waals surface area contributed by atoms with E-state index >= 15 is 0 Å². The second-order valence-corrected chi connectivity index (χ2v) is 5.50. The fraction of sp³-hybridized carbons (Fsp3) is 0.467. The lowest BCUT2D eigenvalue weighted by atomic mass is 9.97. The molecule has 1 heterocycles. The highest BCUT2D eigenvalue weighted by Crippen LogP contribution is 2.29. The molecule has 2 rings (SSSR count). The molecule has 0 atom stereocenters. The zero-order valence-corrected chi connectivity index (χ0v) is 12.1. The molecule has 20 heavy (non-hydrogen) atoms. The highest BCUT2D eigenvalue weighted by molar-refractivity contribution is 6.11. The number of methoxy groups -OCH3 is 1. The summed E-state index contributed by atoms with van der Waals surface area (Å²) in [4.78, 5) is 14.2. The second kappa shape index (κ2) is 5.63. The topological polar surface area (TPSA) is 62.1 Å². The van der Waals surface area contributed by atoms with Gasteiger partial charge in [0, 0.05) is 25.6 Å². The van der Waals surface area contributed by atoms with Crippen molar-refractivity contribution in [3.8, 4) is 0 Å². The van der Waals surface area contributed by atoms with Crippen molar-refractivity contribution in [1.29, 1.82) is 0 Å². The Morgan fingerprint density at radius 1 is 1.45 bits per heavy atom. The molecular formula is C15H20N2O3. The number of nitrogens with zero attached hydrogens (tertiary/aromatic N) is 2. The zero-order chi connectivity index (χ0) is 14.8. The molecule has 108 valence electrons. The van der Waals surface area contributed by atoms with Crippen molar-refractivity contribution in [2.45, 2.75) is 32.3 Å². The fourth-order valence-corrected chi connectivity index (χ4v) is 2.32. The van der Waals surface area contributed by atoms with Crippen molar-refractivity contribution in [2.24, 2.45) is 5.16 Å². The number of benzene rings is 1. The van der Waals surface area contributed by atoms with Crippen LogP contribution in [0.3, 0.4) is 0 Å². The van der Waals surface area contributed by atoms with Crippen molar-refractivity contribution in [3.05, 3.63) is 29.8 Å². The number of rotatable bonds is 3. The summed E-state index contributed by atoms with van der Waals surface area (Å²) in [6.07, 6.45) is 0.857. The van der Waals surface area contributed by atoms with Gasteiger partial charge in [-0.15, -0.1) is 0 Å². The molecular weight excluding hydrogens is 256 g/mol. The minimum atomic E-state index is -0.489. The number of hydrogen-bond acceptors (Lipinski definition) is 4. The quantitative estimate of drug-likeness (QED) is 0.681. The molecule has 0 radical (unpaired) electrons. The lowest BCUT2D eigenvalue weighted by Gasteiger charge is -2.32. The van der Waals surface area contributed by atoms with E-state index in [1.54, 1.807) is 12.0 Å². The largest absolute Gasteiger partial charge is 0.411 e. The minimum Gasteiger partial charge on any atom is -0.411 e. The van der Waals surface area contributed by atoms with E-state index in [9.17, 15) is 4.79 Å². The summed E-state index contributed by atoms with van der Waals surface area (Å²) >= 11 is 0. The summed E-state index contributed by atoms with van der Waals surface area (Å²) in [7, 11) is 1.61. The lowest BCUT2D eigenvalue weighted by molar-refractivity contribution is -0.123. The summed E-state index contributed by atoms with van der Waals surface area (Å²) in [6, 6.07) is 7.49. The van der Waals surface area contributed by atoms with Gasteiger partial charge in [-0.2, -0.15) is 0 Å². The summed E-state index contributed by atoms with van der Waals surface area (Å²) in [5.41, 5.74) is 1.74. The van der Waals surface area contributed by atoms with Crippen LogP contribution in [0, 0.1) is 0 Å². The average molecular weight is 276 g/mol. The molecule has 0 unspecified atom stereocenters. The van der Waals surface area contributed by atoms with E-state index in [4.69, 9.17) is 9.94 Å². The number of oxime groups is 1. The predicted molar refractivity (Wildman–Crippen MR) is 77.4 cm³/mol. The van der Waals surface area contributed by atoms with Gasteiger partial charge in [0.05, 0.1) is 23.4 Å². The number of hydrogen-bond donors (Lipinski definition) is 1. The van der Waals surface area contributed by atoms with Gasteiger partial charge in [0.25, 0.3) is 0 Å². The van der Waals surface area contributed by atoms with Crippen LogP contribution in [-0.4, -0.2) is 36.1 Å². The summed E-state index contributed by atoms with van der Waals surface area (Å²) in [5, 5.41) is 12.4. The normalized spacial score (nSPS) is 17.1. The van der Waals surface area contributed by atoms with Crippen LogP contribution in [0.1, 0.15) is 32.3 Å². The van der Waals surface area contributed by atoms with Crippen LogP contribution in [0.25, 0.3) is 0 Å². The van der Waals surface area contributed by atoms with Crippen LogP contribution in [0.5, 0.6) is 0 Å². The van der Waals surface area contributed by atoms with E-state index in [0.717, 1.165) is 11.3 Å². The van der Waals surface area contributed by atoms with Crippen molar-refractivity contribution >= 4 is 17.3 Å². The van der Waals surface area contributed by atoms with Crippen molar-refractivity contribution in [2.75, 3.05) is 18.6 Å². The maximum Gasteiger partial charge on any atom is 0.229 e. The maximum atomic E-state index is 12.5. The molecule has 1 aromatic rings. The van der Waals surface area contributed by atoms with Gasteiger partial charge in [-0.05, 0) is 19.9 Å². The van der Waals surface area contributed by atoms with Crippen LogP contribution < -0.4 is 4.90 Å². The first-order valence-corrected chi connectivity index (χ1v) is 6.64. The molecule has 0 saturated heterocycles. The molecule has 0 fully saturated rings. The van der Waals surface area contributed by atoms with Crippen LogP contribution in [0.4, 0.5) is 5.69 Å². The predicted octanol–water partition coefficient (Wildman–Crippen LogP) is 2.42. The molecule has 5 heteroatoms. The van der Waals surface area contributed by atoms with Gasteiger partial charge in [-0.1, -0.05) is 23.4 Å². The summed E-state index contributed by atoms with van der Waals surface area (Å²) in [6.45, 7) is 4.30. The molecule has 1 N–H and O–H groups in total. The smallest absolute Gasteiger partial charge is 0.229 e. The highest BCUT2D eigenvalue weighted by atomic mass is 16.5. The maximum absolute atomic E-state index is 12.5. The van der Waals surface area contributed by atoms with E-state index in [2.05, 4.69) is 5.16 Å². The Labute approximate surface area is 118 Å². The van der Waals surface area contributed by atoms with Gasteiger partial charge in [0.1, 0.15) is 0 Å². The van der Waals surface area contributed by atoms with Crippen molar-refractivity contribution in [1.82, 2.24) is 0 Å². The third-order valence-corrected chi connectivity index (χ3v) is 3.63. The monoisotopic (exact) mass is 276 g/mol. The molecule has 1 aliphatic rings. The van der Waals surface area contributed by atoms with Crippen LogP contribution in [0.15, 0.2) is 29.4 Å². The molecule has 5 nitrogen and oxygen atoms in total. The first-order valence-electron chi connectivity index (χ1n) is 6.64. The molecule has 1 amide bonds. The Morgan fingerprint density at radius 3 is 2.80 bits per heavy atom. The van der Waals surface area contributed by atoms with Crippen LogP contribution >= 0.6 is 0 Å². The average Bonchev–Trinajstić information content (AvgIpc) is 2.45. The van der Waals surface area contributed by atoms with E-state index in [-0.39, 0.29) is 5.91 Å². The number of para-hydroxylation sites is 1. The van der Waals surface area contributed by atoms with E-state index < -0.39 is 5.60 Å². The van der Waals surface area contributed by atoms with Crippen molar-refractivity contribution < 1.29 is 14.7 Å². The number of carbonyl (C=O) groups excluding carboxylic acids is 1. The minimum absolute atomic E-state index is 0.0151. The first-order chi connectivity index (χ1) is 9.48. The van der Waals surface area contributed by atoms with Gasteiger partial charge in [-0.3, -0.25) is 4.79 Å². The molecule has 0 aromatic heterocycles. The number of carbonyl (C=O) groups is 1. The second-order valence-electron chi connectivity index (χ2n) is 5.50. The zero-order valence-electron chi connectivity index (χ0n) is 12.1. The Bertz CT molecular complexity index is 538. The number of fused-ring (bicyclic) bond motifs is 1. The standard InChI is InChI=1S/C15H20N2O3/c1-15(2,20-3)10-14(18)17-9-8-12(16-19)11-6-4-5-7-13(11)17/h4-7,19H,8-10H2,1-3H3/b16-12-. The van der Waals surface area contributed by atoms with Crippen LogP contribution in [0.2, 0.25) is 0 Å².